The maximum atomic E-state index is 12.5. The van der Waals surface area contributed by atoms with Gasteiger partial charge in [0.15, 0.2) is 0 Å². The molecule has 0 radical (unpaired) electrons. The number of carbonyl (C=O) groups excluding carboxylic acids is 2. The quantitative estimate of drug-likeness (QED) is 0.794. The van der Waals surface area contributed by atoms with Crippen molar-refractivity contribution in [2.24, 2.45) is 23.7 Å². The van der Waals surface area contributed by atoms with Crippen molar-refractivity contribution in [1.82, 2.24) is 0 Å². The van der Waals surface area contributed by atoms with Crippen molar-refractivity contribution >= 4 is 29.2 Å². The number of nitrogens with one attached hydrogen (secondary N) is 2. The zero-order valence-corrected chi connectivity index (χ0v) is 12.9. The van der Waals surface area contributed by atoms with Gasteiger partial charge in [-0.3, -0.25) is 14.4 Å². The summed E-state index contributed by atoms with van der Waals surface area (Å²) in [4.78, 5) is 35.0. The normalized spacial score (nSPS) is 28.4. The molecule has 2 saturated carbocycles. The van der Waals surface area contributed by atoms with Crippen molar-refractivity contribution in [3.8, 4) is 0 Å². The van der Waals surface area contributed by atoms with Gasteiger partial charge >= 0.3 is 5.97 Å². The van der Waals surface area contributed by atoms with Crippen LogP contribution in [0, 0.1) is 23.7 Å². The van der Waals surface area contributed by atoms with Crippen LogP contribution >= 0.6 is 0 Å². The highest BCUT2D eigenvalue weighted by Crippen LogP contribution is 2.52. The van der Waals surface area contributed by atoms with E-state index in [1.165, 1.54) is 6.92 Å². The summed E-state index contributed by atoms with van der Waals surface area (Å²) in [7, 11) is 0. The summed E-state index contributed by atoms with van der Waals surface area (Å²) < 4.78 is 0. The van der Waals surface area contributed by atoms with Gasteiger partial charge in [-0.1, -0.05) is 0 Å². The van der Waals surface area contributed by atoms with Crippen LogP contribution in [0.5, 0.6) is 0 Å². The number of carbonyl (C=O) groups is 3. The number of carboxylic acid groups (broad SMARTS) is 1. The average Bonchev–Trinajstić information content (AvgIpc) is 3.09. The summed E-state index contributed by atoms with van der Waals surface area (Å²) in [6.07, 6.45) is 2.70. The number of rotatable bonds is 4. The Morgan fingerprint density at radius 2 is 1.48 bits per heavy atom. The molecule has 0 aliphatic heterocycles. The van der Waals surface area contributed by atoms with Crippen LogP contribution in [0.25, 0.3) is 0 Å². The number of fused-ring (bicyclic) bond motifs is 2. The van der Waals surface area contributed by atoms with E-state index in [-0.39, 0.29) is 23.7 Å². The van der Waals surface area contributed by atoms with Gasteiger partial charge in [0.25, 0.3) is 0 Å². The van der Waals surface area contributed by atoms with Crippen LogP contribution in [0.15, 0.2) is 24.3 Å². The Morgan fingerprint density at radius 3 is 2.00 bits per heavy atom. The molecule has 122 valence electrons. The van der Waals surface area contributed by atoms with E-state index < -0.39 is 17.8 Å². The Balaban J connectivity index is 1.69. The molecule has 2 bridgehead atoms. The molecule has 6 nitrogen and oxygen atoms in total. The molecule has 0 spiro atoms. The van der Waals surface area contributed by atoms with Gasteiger partial charge in [0.05, 0.1) is 11.8 Å². The SMILES string of the molecule is CC(=O)Nc1ccc(NC(=O)[C@H]2[C@H]3CC[C@@H](C3)[C@H]2C(=O)O)cc1. The van der Waals surface area contributed by atoms with Crippen molar-refractivity contribution in [3.05, 3.63) is 24.3 Å². The fourth-order valence-corrected chi connectivity index (χ4v) is 4.09. The van der Waals surface area contributed by atoms with E-state index >= 15 is 0 Å². The van der Waals surface area contributed by atoms with Gasteiger partial charge in [0, 0.05) is 18.3 Å². The zero-order chi connectivity index (χ0) is 16.6. The summed E-state index contributed by atoms with van der Waals surface area (Å²) >= 11 is 0. The molecule has 23 heavy (non-hydrogen) atoms. The van der Waals surface area contributed by atoms with Crippen LogP contribution < -0.4 is 10.6 Å². The van der Waals surface area contributed by atoms with Crippen molar-refractivity contribution in [1.29, 1.82) is 0 Å². The molecular weight excluding hydrogens is 296 g/mol. The fraction of sp³-hybridized carbons (Fsp3) is 0.471. The number of benzene rings is 1. The number of hydrogen-bond donors (Lipinski definition) is 3. The monoisotopic (exact) mass is 316 g/mol. The van der Waals surface area contributed by atoms with Crippen LogP contribution in [0.3, 0.4) is 0 Å². The summed E-state index contributed by atoms with van der Waals surface area (Å²) in [6.45, 7) is 1.43. The van der Waals surface area contributed by atoms with Crippen LogP contribution in [0.1, 0.15) is 26.2 Å². The third-order valence-corrected chi connectivity index (χ3v) is 4.98. The number of amides is 2. The van der Waals surface area contributed by atoms with E-state index in [2.05, 4.69) is 10.6 Å². The third-order valence-electron chi connectivity index (χ3n) is 4.98. The van der Waals surface area contributed by atoms with Crippen LogP contribution in [0.4, 0.5) is 11.4 Å². The number of hydrogen-bond acceptors (Lipinski definition) is 3. The lowest BCUT2D eigenvalue weighted by molar-refractivity contribution is -0.148. The van der Waals surface area contributed by atoms with Gasteiger partial charge in [-0.05, 0) is 55.4 Å². The van der Waals surface area contributed by atoms with Gasteiger partial charge in [0.1, 0.15) is 0 Å². The average molecular weight is 316 g/mol. The van der Waals surface area contributed by atoms with E-state index in [1.807, 2.05) is 0 Å². The zero-order valence-electron chi connectivity index (χ0n) is 12.9. The van der Waals surface area contributed by atoms with Crippen LogP contribution in [-0.2, 0) is 14.4 Å². The van der Waals surface area contributed by atoms with E-state index in [0.717, 1.165) is 19.3 Å². The van der Waals surface area contributed by atoms with Crippen molar-refractivity contribution in [2.75, 3.05) is 10.6 Å². The summed E-state index contributed by atoms with van der Waals surface area (Å²) in [5.41, 5.74) is 1.26. The molecule has 2 aliphatic carbocycles. The molecule has 3 rings (SSSR count). The predicted molar refractivity (Wildman–Crippen MR) is 84.8 cm³/mol. The molecule has 0 saturated heterocycles. The molecular formula is C17H20N2O4. The first-order chi connectivity index (χ1) is 11.0. The summed E-state index contributed by atoms with van der Waals surface area (Å²) in [5, 5.41) is 14.9. The first-order valence-corrected chi connectivity index (χ1v) is 7.87. The highest BCUT2D eigenvalue weighted by Gasteiger charge is 2.53. The second-order valence-electron chi connectivity index (χ2n) is 6.47. The Morgan fingerprint density at radius 1 is 0.957 bits per heavy atom. The van der Waals surface area contributed by atoms with Gasteiger partial charge in [-0.15, -0.1) is 0 Å². The molecule has 6 heteroatoms. The smallest absolute Gasteiger partial charge is 0.307 e. The first-order valence-electron chi connectivity index (χ1n) is 7.87. The number of anilines is 2. The Labute approximate surface area is 134 Å². The van der Waals surface area contributed by atoms with E-state index in [1.54, 1.807) is 24.3 Å². The minimum absolute atomic E-state index is 0.135. The molecule has 4 atom stereocenters. The largest absolute Gasteiger partial charge is 0.481 e. The molecule has 0 aromatic heterocycles. The number of carboxylic acids is 1. The summed E-state index contributed by atoms with van der Waals surface area (Å²) in [6, 6.07) is 6.80. The highest BCUT2D eigenvalue weighted by molar-refractivity contribution is 5.96. The summed E-state index contributed by atoms with van der Waals surface area (Å²) in [5.74, 6) is -1.92. The number of aliphatic carboxylic acids is 1. The van der Waals surface area contributed by atoms with Crippen molar-refractivity contribution in [2.45, 2.75) is 26.2 Å². The second kappa shape index (κ2) is 6.02. The molecule has 1 aromatic carbocycles. The van der Waals surface area contributed by atoms with Crippen molar-refractivity contribution < 1.29 is 19.5 Å². The molecule has 2 amide bonds. The molecule has 0 heterocycles. The lowest BCUT2D eigenvalue weighted by Gasteiger charge is -2.27. The first kappa shape index (κ1) is 15.5. The van der Waals surface area contributed by atoms with Crippen molar-refractivity contribution in [3.63, 3.8) is 0 Å². The minimum Gasteiger partial charge on any atom is -0.481 e. The van der Waals surface area contributed by atoms with Gasteiger partial charge in [-0.2, -0.15) is 0 Å². The second-order valence-corrected chi connectivity index (χ2v) is 6.47. The molecule has 2 fully saturated rings. The predicted octanol–water partition coefficient (Wildman–Crippen LogP) is 2.33. The lowest BCUT2D eigenvalue weighted by atomic mass is 9.78. The Hall–Kier alpha value is -2.37. The minimum atomic E-state index is -0.863. The molecule has 3 N–H and O–H groups in total. The molecule has 0 unspecified atom stereocenters. The Kier molecular flexibility index (Phi) is 4.07. The topological polar surface area (TPSA) is 95.5 Å². The van der Waals surface area contributed by atoms with E-state index in [0.29, 0.717) is 11.4 Å². The Bertz CT molecular complexity index is 640. The molecule has 2 aliphatic rings. The van der Waals surface area contributed by atoms with Gasteiger partial charge in [-0.25, -0.2) is 0 Å². The standard InChI is InChI=1S/C17H20N2O4/c1-9(20)18-12-4-6-13(7-5-12)19-16(21)14-10-2-3-11(8-10)15(14)17(22)23/h4-7,10-11,14-15H,2-3,8H2,1H3,(H,18,20)(H,19,21)(H,22,23)/t10-,11-,14-,15+/m0/s1. The van der Waals surface area contributed by atoms with Gasteiger partial charge < -0.3 is 15.7 Å². The van der Waals surface area contributed by atoms with E-state index in [4.69, 9.17) is 0 Å². The molecule has 1 aromatic rings. The maximum Gasteiger partial charge on any atom is 0.307 e. The lowest BCUT2D eigenvalue weighted by Crippen LogP contribution is -2.37. The third kappa shape index (κ3) is 3.06. The van der Waals surface area contributed by atoms with E-state index in [9.17, 15) is 19.5 Å². The highest BCUT2D eigenvalue weighted by atomic mass is 16.4. The maximum absolute atomic E-state index is 12.5. The van der Waals surface area contributed by atoms with Crippen LogP contribution in [-0.4, -0.2) is 22.9 Å². The van der Waals surface area contributed by atoms with Crippen LogP contribution in [0.2, 0.25) is 0 Å². The van der Waals surface area contributed by atoms with Gasteiger partial charge in [0.2, 0.25) is 11.8 Å². The fourth-order valence-electron chi connectivity index (χ4n) is 4.09.